The summed E-state index contributed by atoms with van der Waals surface area (Å²) in [5.41, 5.74) is 0.185. The highest BCUT2D eigenvalue weighted by Gasteiger charge is 2.21. The van der Waals surface area contributed by atoms with Gasteiger partial charge in [0.2, 0.25) is 0 Å². The van der Waals surface area contributed by atoms with E-state index in [1.54, 1.807) is 0 Å². The first-order chi connectivity index (χ1) is 8.77. The van der Waals surface area contributed by atoms with Crippen molar-refractivity contribution in [2.24, 2.45) is 11.3 Å². The Kier molecular flexibility index (Phi) is 9.08. The van der Waals surface area contributed by atoms with Crippen molar-refractivity contribution in [2.45, 2.75) is 66.1 Å². The Hall–Kier alpha value is -0.560. The second-order valence-corrected chi connectivity index (χ2v) is 6.22. The molecule has 0 radical (unpaired) electrons. The first-order valence-corrected chi connectivity index (χ1v) is 7.22. The lowest BCUT2D eigenvalue weighted by Gasteiger charge is -2.27. The van der Waals surface area contributed by atoms with Crippen LogP contribution in [0, 0.1) is 23.2 Å². The van der Waals surface area contributed by atoms with Gasteiger partial charge in [-0.25, -0.2) is 0 Å². The van der Waals surface area contributed by atoms with E-state index in [2.05, 4.69) is 44.3 Å². The molecule has 3 unspecified atom stereocenters. The van der Waals surface area contributed by atoms with E-state index in [1.807, 2.05) is 6.92 Å². The van der Waals surface area contributed by atoms with E-state index >= 15 is 0 Å². The van der Waals surface area contributed by atoms with Crippen molar-refractivity contribution in [1.29, 1.82) is 0 Å². The first-order valence-electron chi connectivity index (χ1n) is 7.22. The molecule has 0 aromatic heterocycles. The van der Waals surface area contributed by atoms with Gasteiger partial charge in [-0.1, -0.05) is 52.9 Å². The number of aliphatic hydroxyl groups is 2. The Morgan fingerprint density at radius 2 is 1.58 bits per heavy atom. The summed E-state index contributed by atoms with van der Waals surface area (Å²) in [6.07, 6.45) is 1.03. The number of epoxide rings is 1. The molecule has 1 heterocycles. The van der Waals surface area contributed by atoms with Gasteiger partial charge in [-0.2, -0.15) is 0 Å². The van der Waals surface area contributed by atoms with Crippen LogP contribution in [0.5, 0.6) is 0 Å². The van der Waals surface area contributed by atoms with Gasteiger partial charge in [-0.05, 0) is 24.2 Å². The lowest BCUT2D eigenvalue weighted by atomic mass is 9.79. The van der Waals surface area contributed by atoms with Gasteiger partial charge in [-0.3, -0.25) is 0 Å². The van der Waals surface area contributed by atoms with E-state index in [1.165, 1.54) is 0 Å². The number of ether oxygens (including phenoxy) is 1. The van der Waals surface area contributed by atoms with Crippen molar-refractivity contribution in [2.75, 3.05) is 13.2 Å². The monoisotopic (exact) mass is 270 g/mol. The normalized spacial score (nSPS) is 18.3. The van der Waals surface area contributed by atoms with Gasteiger partial charge in [0, 0.05) is 0 Å². The molecule has 0 aromatic rings. The highest BCUT2D eigenvalue weighted by Crippen LogP contribution is 2.28. The molecular formula is C16H30O3. The van der Waals surface area contributed by atoms with Crippen LogP contribution >= 0.6 is 0 Å². The van der Waals surface area contributed by atoms with Gasteiger partial charge in [0.25, 0.3) is 0 Å². The predicted octanol–water partition coefficient (Wildman–Crippen LogP) is 2.60. The van der Waals surface area contributed by atoms with E-state index < -0.39 is 12.2 Å². The standard InChI is InChI=1S/C14H26O2.C2H4O/c1-6-7-12(15)8-9-13(16)10-11(2)14(3,4)5;1-2-3-1/h11-13,15-16H,6-7,10H2,1-5H3;1-2H2. The summed E-state index contributed by atoms with van der Waals surface area (Å²) in [6.45, 7) is 12.6. The fourth-order valence-electron chi connectivity index (χ4n) is 1.29. The van der Waals surface area contributed by atoms with E-state index in [0.717, 1.165) is 19.6 Å². The van der Waals surface area contributed by atoms with Gasteiger partial charge in [0.15, 0.2) is 0 Å². The van der Waals surface area contributed by atoms with Gasteiger partial charge in [0.05, 0.1) is 13.2 Å². The predicted molar refractivity (Wildman–Crippen MR) is 78.8 cm³/mol. The van der Waals surface area contributed by atoms with Crippen molar-refractivity contribution in [3.05, 3.63) is 0 Å². The number of hydrogen-bond donors (Lipinski definition) is 2. The summed E-state index contributed by atoms with van der Waals surface area (Å²) in [7, 11) is 0. The van der Waals surface area contributed by atoms with Gasteiger partial charge in [0.1, 0.15) is 12.2 Å². The molecule has 0 aliphatic carbocycles. The summed E-state index contributed by atoms with van der Waals surface area (Å²) >= 11 is 0. The minimum atomic E-state index is -0.624. The Morgan fingerprint density at radius 3 is 1.95 bits per heavy atom. The third-order valence-electron chi connectivity index (χ3n) is 3.24. The van der Waals surface area contributed by atoms with Crippen LogP contribution in [0.4, 0.5) is 0 Å². The molecule has 1 aliphatic heterocycles. The molecule has 0 spiro atoms. The molecule has 1 saturated heterocycles. The van der Waals surface area contributed by atoms with E-state index in [9.17, 15) is 10.2 Å². The fourth-order valence-corrected chi connectivity index (χ4v) is 1.29. The number of rotatable bonds is 4. The molecule has 3 atom stereocenters. The van der Waals surface area contributed by atoms with Crippen molar-refractivity contribution in [3.63, 3.8) is 0 Å². The van der Waals surface area contributed by atoms with Crippen LogP contribution in [0.15, 0.2) is 0 Å². The van der Waals surface area contributed by atoms with Gasteiger partial charge >= 0.3 is 0 Å². The molecule has 0 bridgehead atoms. The molecule has 0 saturated carbocycles. The molecule has 3 nitrogen and oxygen atoms in total. The van der Waals surface area contributed by atoms with E-state index in [-0.39, 0.29) is 5.41 Å². The number of hydrogen-bond acceptors (Lipinski definition) is 3. The van der Waals surface area contributed by atoms with Crippen molar-refractivity contribution >= 4 is 0 Å². The zero-order chi connectivity index (χ0) is 14.9. The molecule has 1 fully saturated rings. The SMILES string of the molecule is C1CO1.CCCC(O)C#CC(O)CC(C)C(C)(C)C. The smallest absolute Gasteiger partial charge is 0.115 e. The molecule has 2 N–H and O–H groups in total. The van der Waals surface area contributed by atoms with Crippen molar-refractivity contribution in [1.82, 2.24) is 0 Å². The summed E-state index contributed by atoms with van der Waals surface area (Å²) in [6, 6.07) is 0. The number of aliphatic hydroxyl groups excluding tert-OH is 2. The Morgan fingerprint density at radius 1 is 1.11 bits per heavy atom. The molecular weight excluding hydrogens is 240 g/mol. The largest absolute Gasteiger partial charge is 0.380 e. The zero-order valence-electron chi connectivity index (χ0n) is 13.1. The van der Waals surface area contributed by atoms with Crippen LogP contribution < -0.4 is 0 Å². The van der Waals surface area contributed by atoms with Crippen LogP contribution in [0.1, 0.15) is 53.9 Å². The minimum absolute atomic E-state index is 0.185. The van der Waals surface area contributed by atoms with Crippen molar-refractivity contribution in [3.8, 4) is 11.8 Å². The third-order valence-corrected chi connectivity index (χ3v) is 3.24. The van der Waals surface area contributed by atoms with Gasteiger partial charge in [-0.15, -0.1) is 0 Å². The van der Waals surface area contributed by atoms with E-state index in [4.69, 9.17) is 0 Å². The lowest BCUT2D eigenvalue weighted by molar-refractivity contribution is 0.148. The van der Waals surface area contributed by atoms with Crippen LogP contribution in [0.25, 0.3) is 0 Å². The van der Waals surface area contributed by atoms with Crippen molar-refractivity contribution < 1.29 is 14.9 Å². The molecule has 3 heteroatoms. The minimum Gasteiger partial charge on any atom is -0.380 e. The highest BCUT2D eigenvalue weighted by atomic mass is 16.6. The zero-order valence-corrected chi connectivity index (χ0v) is 13.1. The average Bonchev–Trinajstić information content (AvgIpc) is 3.13. The second-order valence-electron chi connectivity index (χ2n) is 6.22. The summed E-state index contributed by atoms with van der Waals surface area (Å²) < 4.78 is 4.50. The summed E-state index contributed by atoms with van der Waals surface area (Å²) in [4.78, 5) is 0. The topological polar surface area (TPSA) is 53.0 Å². The maximum Gasteiger partial charge on any atom is 0.115 e. The molecule has 1 rings (SSSR count). The molecule has 0 amide bonds. The second kappa shape index (κ2) is 9.36. The van der Waals surface area contributed by atoms with E-state index in [0.29, 0.717) is 18.8 Å². The molecule has 112 valence electrons. The van der Waals surface area contributed by atoms with Crippen LogP contribution in [0.2, 0.25) is 0 Å². The quantitative estimate of drug-likeness (QED) is 0.610. The maximum absolute atomic E-state index is 9.72. The Bertz CT molecular complexity index is 278. The summed E-state index contributed by atoms with van der Waals surface area (Å²) in [5.74, 6) is 5.82. The maximum atomic E-state index is 9.72. The summed E-state index contributed by atoms with van der Waals surface area (Å²) in [5, 5.41) is 19.1. The highest BCUT2D eigenvalue weighted by molar-refractivity contribution is 5.09. The first kappa shape index (κ1) is 18.4. The molecule has 1 aliphatic rings. The lowest BCUT2D eigenvalue weighted by Crippen LogP contribution is -2.22. The van der Waals surface area contributed by atoms with Crippen LogP contribution in [-0.2, 0) is 4.74 Å². The van der Waals surface area contributed by atoms with Crippen LogP contribution in [-0.4, -0.2) is 35.6 Å². The fraction of sp³-hybridized carbons (Fsp3) is 0.875. The van der Waals surface area contributed by atoms with Gasteiger partial charge < -0.3 is 14.9 Å². The Labute approximate surface area is 118 Å². The Balaban J connectivity index is 0.000000934. The molecule has 19 heavy (non-hydrogen) atoms. The molecule has 0 aromatic carbocycles. The third kappa shape index (κ3) is 12.2. The van der Waals surface area contributed by atoms with Crippen LogP contribution in [0.3, 0.4) is 0 Å². The average molecular weight is 270 g/mol.